The van der Waals surface area contributed by atoms with Crippen molar-refractivity contribution in [2.45, 2.75) is 82.8 Å². The van der Waals surface area contributed by atoms with E-state index in [1.807, 2.05) is 30.3 Å². The molecule has 7 heteroatoms. The van der Waals surface area contributed by atoms with Gasteiger partial charge in [-0.2, -0.15) is 15.3 Å². The molecular weight excluding hydrogens is 376 g/mol. The number of nitrogens with zero attached hydrogens (tertiary/aromatic N) is 3. The van der Waals surface area contributed by atoms with Crippen LogP contribution < -0.4 is 0 Å². The number of hydrogen-bond donors (Lipinski definition) is 3. The van der Waals surface area contributed by atoms with Gasteiger partial charge in [0, 0.05) is 11.3 Å². The van der Waals surface area contributed by atoms with Crippen molar-refractivity contribution in [1.29, 1.82) is 16.6 Å². The first kappa shape index (κ1) is 22.4. The van der Waals surface area contributed by atoms with Crippen LogP contribution >= 0.6 is 0 Å². The Morgan fingerprint density at radius 1 is 0.967 bits per heavy atom. The Bertz CT molecular complexity index is 784. The van der Waals surface area contributed by atoms with Crippen molar-refractivity contribution in [1.82, 2.24) is 0 Å². The SMILES string of the molecule is CC(C)CCC(C)C1(N=N)CCC2(CC1)C(=O)C(N=N)C(N=N)C2c1ccccc1. The summed E-state index contributed by atoms with van der Waals surface area (Å²) >= 11 is 0. The van der Waals surface area contributed by atoms with Crippen molar-refractivity contribution in [3.8, 4) is 0 Å². The lowest BCUT2D eigenvalue weighted by molar-refractivity contribution is -0.130. The molecule has 0 radical (unpaired) electrons. The fourth-order valence-electron chi connectivity index (χ4n) is 5.82. The fraction of sp³-hybridized carbons (Fsp3) is 0.696. The molecule has 7 nitrogen and oxygen atoms in total. The maximum Gasteiger partial charge on any atom is 0.168 e. The van der Waals surface area contributed by atoms with Gasteiger partial charge in [-0.25, -0.2) is 16.6 Å². The van der Waals surface area contributed by atoms with Crippen molar-refractivity contribution in [3.63, 3.8) is 0 Å². The second kappa shape index (κ2) is 8.82. The second-order valence-corrected chi connectivity index (χ2v) is 9.69. The van der Waals surface area contributed by atoms with E-state index < -0.39 is 23.0 Å². The molecule has 1 aromatic rings. The minimum atomic E-state index is -0.883. The Hall–Kier alpha value is -2.31. The zero-order chi connectivity index (χ0) is 21.9. The molecule has 3 rings (SSSR count). The standard InChI is InChI=1S/C23H34N6O/c1-15(2)9-10-16(3)23(29-26)13-11-22(12-14-23)18(17-7-5-4-6-8-17)19(27-24)20(28-25)21(22)30/h4-8,15-16,18-20,24-26H,9-14H2,1-3H3. The number of carbonyl (C=O) groups excluding carboxylic acids is 1. The molecule has 2 saturated carbocycles. The monoisotopic (exact) mass is 410 g/mol. The normalized spacial score (nSPS) is 34.8. The topological polar surface area (TPSA) is 126 Å². The van der Waals surface area contributed by atoms with Gasteiger partial charge in [0.15, 0.2) is 11.8 Å². The van der Waals surface area contributed by atoms with Crippen molar-refractivity contribution < 1.29 is 4.79 Å². The minimum Gasteiger partial charge on any atom is -0.296 e. The molecule has 2 aliphatic carbocycles. The van der Waals surface area contributed by atoms with E-state index in [-0.39, 0.29) is 17.6 Å². The summed E-state index contributed by atoms with van der Waals surface area (Å²) in [6.07, 6.45) is 4.71. The highest BCUT2D eigenvalue weighted by atomic mass is 16.1. The minimum absolute atomic E-state index is 0.0548. The summed E-state index contributed by atoms with van der Waals surface area (Å²) in [6, 6.07) is 8.30. The van der Waals surface area contributed by atoms with E-state index in [2.05, 4.69) is 36.1 Å². The molecule has 2 aliphatic rings. The van der Waals surface area contributed by atoms with Crippen LogP contribution in [0.3, 0.4) is 0 Å². The first-order chi connectivity index (χ1) is 14.3. The van der Waals surface area contributed by atoms with E-state index in [4.69, 9.17) is 16.6 Å². The summed E-state index contributed by atoms with van der Waals surface area (Å²) in [4.78, 5) is 13.5. The maximum absolute atomic E-state index is 13.5. The quantitative estimate of drug-likeness (QED) is 0.413. The van der Waals surface area contributed by atoms with Crippen molar-refractivity contribution in [3.05, 3.63) is 35.9 Å². The third kappa shape index (κ3) is 3.63. The molecule has 1 aromatic carbocycles. The average molecular weight is 411 g/mol. The Labute approximate surface area is 178 Å². The third-order valence-corrected chi connectivity index (χ3v) is 7.79. The first-order valence-corrected chi connectivity index (χ1v) is 11.1. The molecule has 4 atom stereocenters. The molecule has 1 spiro atoms. The highest BCUT2D eigenvalue weighted by molar-refractivity contribution is 5.95. The van der Waals surface area contributed by atoms with Gasteiger partial charge in [-0.05, 0) is 49.5 Å². The molecule has 2 fully saturated rings. The summed E-state index contributed by atoms with van der Waals surface area (Å²) in [5.74, 6) is 0.593. The average Bonchev–Trinajstić information content (AvgIpc) is 3.00. The largest absolute Gasteiger partial charge is 0.296 e. The summed E-state index contributed by atoms with van der Waals surface area (Å²) in [6.45, 7) is 6.61. The number of benzene rings is 1. The molecule has 0 amide bonds. The third-order valence-electron chi connectivity index (χ3n) is 7.79. The number of nitrogens with one attached hydrogen (secondary N) is 3. The van der Waals surface area contributed by atoms with Gasteiger partial charge in [-0.1, -0.05) is 57.5 Å². The lowest BCUT2D eigenvalue weighted by atomic mass is 9.58. The Kier molecular flexibility index (Phi) is 6.58. The summed E-state index contributed by atoms with van der Waals surface area (Å²) < 4.78 is 0. The van der Waals surface area contributed by atoms with E-state index >= 15 is 0 Å². The van der Waals surface area contributed by atoms with Crippen LogP contribution in [0.15, 0.2) is 45.7 Å². The Balaban J connectivity index is 1.94. The van der Waals surface area contributed by atoms with Crippen LogP contribution in [0.5, 0.6) is 0 Å². The summed E-state index contributed by atoms with van der Waals surface area (Å²) in [5, 5.41) is 11.5. The molecule has 0 bridgehead atoms. The van der Waals surface area contributed by atoms with E-state index in [0.717, 1.165) is 18.4 Å². The molecule has 0 aliphatic heterocycles. The zero-order valence-corrected chi connectivity index (χ0v) is 18.3. The number of ketones is 1. The molecule has 0 aromatic heterocycles. The number of rotatable bonds is 8. The van der Waals surface area contributed by atoms with Gasteiger partial charge in [-0.3, -0.25) is 4.79 Å². The van der Waals surface area contributed by atoms with Crippen LogP contribution in [0, 0.1) is 33.8 Å². The van der Waals surface area contributed by atoms with E-state index in [1.165, 1.54) is 0 Å². The molecular formula is C23H34N6O. The molecule has 30 heavy (non-hydrogen) atoms. The lowest BCUT2D eigenvalue weighted by Crippen LogP contribution is -2.46. The van der Waals surface area contributed by atoms with Crippen molar-refractivity contribution in [2.75, 3.05) is 0 Å². The van der Waals surface area contributed by atoms with Crippen molar-refractivity contribution in [2.24, 2.45) is 32.6 Å². The molecule has 0 heterocycles. The van der Waals surface area contributed by atoms with Crippen LogP contribution in [0.1, 0.15) is 70.8 Å². The number of Topliss-reactive ketones (excluding diaryl/α,β-unsaturated/α-hetero) is 1. The zero-order valence-electron chi connectivity index (χ0n) is 18.3. The van der Waals surface area contributed by atoms with Crippen molar-refractivity contribution >= 4 is 5.78 Å². The van der Waals surface area contributed by atoms with Crippen LogP contribution in [0.25, 0.3) is 0 Å². The van der Waals surface area contributed by atoms with Gasteiger partial charge < -0.3 is 0 Å². The van der Waals surface area contributed by atoms with E-state index in [1.54, 1.807) is 0 Å². The van der Waals surface area contributed by atoms with Crippen LogP contribution in [0.2, 0.25) is 0 Å². The van der Waals surface area contributed by atoms with Crippen LogP contribution in [-0.4, -0.2) is 23.4 Å². The smallest absolute Gasteiger partial charge is 0.168 e. The van der Waals surface area contributed by atoms with Gasteiger partial charge in [0.25, 0.3) is 0 Å². The highest BCUT2D eigenvalue weighted by Gasteiger charge is 2.63. The predicted molar refractivity (Wildman–Crippen MR) is 114 cm³/mol. The van der Waals surface area contributed by atoms with Gasteiger partial charge in [0.1, 0.15) is 6.04 Å². The van der Waals surface area contributed by atoms with Crippen LogP contribution in [0.4, 0.5) is 0 Å². The fourth-order valence-corrected chi connectivity index (χ4v) is 5.82. The highest BCUT2D eigenvalue weighted by Crippen LogP contribution is 2.59. The Morgan fingerprint density at radius 3 is 2.10 bits per heavy atom. The maximum atomic E-state index is 13.5. The van der Waals surface area contributed by atoms with Gasteiger partial charge in [0.05, 0.1) is 5.54 Å². The van der Waals surface area contributed by atoms with Gasteiger partial charge in [-0.15, -0.1) is 0 Å². The molecule has 162 valence electrons. The molecule has 4 unspecified atom stereocenters. The number of hydrogen-bond acceptors (Lipinski definition) is 7. The molecule has 3 N–H and O–H groups in total. The predicted octanol–water partition coefficient (Wildman–Crippen LogP) is 6.55. The summed E-state index contributed by atoms with van der Waals surface area (Å²) in [5.41, 5.74) is 23.2. The second-order valence-electron chi connectivity index (χ2n) is 9.69. The number of carbonyl (C=O) groups is 1. The van der Waals surface area contributed by atoms with Gasteiger partial charge >= 0.3 is 0 Å². The van der Waals surface area contributed by atoms with E-state index in [9.17, 15) is 4.79 Å². The Morgan fingerprint density at radius 2 is 1.60 bits per heavy atom. The van der Waals surface area contributed by atoms with Gasteiger partial charge in [0.2, 0.25) is 0 Å². The molecule has 0 saturated heterocycles. The summed E-state index contributed by atoms with van der Waals surface area (Å²) in [7, 11) is 0. The first-order valence-electron chi connectivity index (χ1n) is 11.1. The van der Waals surface area contributed by atoms with E-state index in [0.29, 0.717) is 31.6 Å². The van der Waals surface area contributed by atoms with Crippen LogP contribution in [-0.2, 0) is 4.79 Å². The lowest BCUT2D eigenvalue weighted by Gasteiger charge is -2.46.